The maximum atomic E-state index is 13.0. The first-order chi connectivity index (χ1) is 51.2. The average Bonchev–Trinajstić information content (AvgIpc) is 0.915. The molecule has 0 fully saturated rings. The number of ether oxygens (including phenoxy) is 3. The number of carbonyl (C=O) groups is 3. The highest BCUT2D eigenvalue weighted by molar-refractivity contribution is 7.47. The zero-order valence-corrected chi connectivity index (χ0v) is 66.9. The molecule has 18 heteroatoms. The van der Waals surface area contributed by atoms with E-state index in [-0.39, 0.29) is 19.3 Å². The Morgan fingerprint density at radius 3 is 0.762 bits per heavy atom. The zero-order valence-electron chi connectivity index (χ0n) is 65.1. The van der Waals surface area contributed by atoms with Crippen LogP contribution in [0.1, 0.15) is 290 Å². The number of carbonyl (C=O) groups excluding carboxylic acids is 3. The molecule has 0 radical (unpaired) electrons. The summed E-state index contributed by atoms with van der Waals surface area (Å²) in [4.78, 5) is 58.7. The van der Waals surface area contributed by atoms with Crippen molar-refractivity contribution in [2.24, 2.45) is 0 Å². The van der Waals surface area contributed by atoms with Gasteiger partial charge in [0.2, 0.25) is 0 Å². The minimum absolute atomic E-state index is 0.0510. The molecule has 596 valence electrons. The third kappa shape index (κ3) is 79.5. The van der Waals surface area contributed by atoms with E-state index < -0.39 is 91.5 Å². The van der Waals surface area contributed by atoms with Gasteiger partial charge >= 0.3 is 33.6 Å². The molecule has 0 aromatic carbocycles. The minimum Gasteiger partial charge on any atom is -0.463 e. The molecule has 0 aromatic rings. The SMILES string of the molecule is CC/C=C\C/C=C\C/C=C\C/C=C\C/C=C\CCCCCCCCCCCCCCCCCC(=O)OCC(O)COP(=O)(O)OCC(O)COP(=O)(O)OCC(COC(=O)CCCCC/C=C\C/C=C\C/C=C\C/C=C\C/C=C\CC)OC(=O)CCCCC/C=C\C/C=C\C/C=C\C/C=C\C/C=C\CC. The highest BCUT2D eigenvalue weighted by atomic mass is 31.2. The van der Waals surface area contributed by atoms with E-state index in [0.717, 1.165) is 154 Å². The van der Waals surface area contributed by atoms with Crippen LogP contribution in [0.2, 0.25) is 0 Å². The molecule has 0 amide bonds. The maximum Gasteiger partial charge on any atom is 0.472 e. The topological polar surface area (TPSA) is 231 Å². The van der Waals surface area contributed by atoms with Crippen LogP contribution in [0, 0.1) is 0 Å². The normalized spacial score (nSPS) is 14.9. The molecular formula is C87H142O16P2. The van der Waals surface area contributed by atoms with E-state index in [9.17, 15) is 43.5 Å². The van der Waals surface area contributed by atoms with Crippen LogP contribution in [0.15, 0.2) is 182 Å². The van der Waals surface area contributed by atoms with Gasteiger partial charge in [0.1, 0.15) is 25.4 Å². The highest BCUT2D eigenvalue weighted by Crippen LogP contribution is 2.45. The summed E-state index contributed by atoms with van der Waals surface area (Å²) >= 11 is 0. The number of phosphoric acid groups is 2. The number of hydrogen-bond acceptors (Lipinski definition) is 14. The molecule has 4 N–H and O–H groups in total. The Labute approximate surface area is 636 Å². The van der Waals surface area contributed by atoms with Gasteiger partial charge in [-0.25, -0.2) is 9.13 Å². The molecule has 0 heterocycles. The predicted octanol–water partition coefficient (Wildman–Crippen LogP) is 23.8. The lowest BCUT2D eigenvalue weighted by atomic mass is 10.0. The fourth-order valence-corrected chi connectivity index (χ4v) is 11.7. The van der Waals surface area contributed by atoms with Gasteiger partial charge in [-0.3, -0.25) is 32.5 Å². The summed E-state index contributed by atoms with van der Waals surface area (Å²) in [5, 5.41) is 20.7. The van der Waals surface area contributed by atoms with Crippen molar-refractivity contribution in [3.8, 4) is 0 Å². The number of phosphoric ester groups is 2. The summed E-state index contributed by atoms with van der Waals surface area (Å²) < 4.78 is 61.1. The van der Waals surface area contributed by atoms with E-state index in [1.807, 2.05) is 0 Å². The molecule has 0 aliphatic carbocycles. The summed E-state index contributed by atoms with van der Waals surface area (Å²) in [5.41, 5.74) is 0. The number of allylic oxidation sites excluding steroid dienone is 30. The molecule has 0 saturated carbocycles. The van der Waals surface area contributed by atoms with Crippen molar-refractivity contribution in [2.75, 3.05) is 39.6 Å². The number of rotatable bonds is 74. The zero-order chi connectivity index (χ0) is 76.6. The fraction of sp³-hybridized carbons (Fsp3) is 0.621. The Balaban J connectivity index is 4.60. The van der Waals surface area contributed by atoms with E-state index >= 15 is 0 Å². The fourth-order valence-electron chi connectivity index (χ4n) is 10.1. The number of aliphatic hydroxyl groups is 2. The number of esters is 3. The molecule has 5 unspecified atom stereocenters. The number of hydrogen-bond donors (Lipinski definition) is 4. The molecule has 5 atom stereocenters. The van der Waals surface area contributed by atoms with Gasteiger partial charge in [-0.05, 0) is 154 Å². The van der Waals surface area contributed by atoms with Gasteiger partial charge in [0.05, 0.1) is 26.4 Å². The monoisotopic (exact) mass is 1500 g/mol. The van der Waals surface area contributed by atoms with E-state index in [4.69, 9.17) is 32.3 Å². The first kappa shape index (κ1) is 99.7. The molecule has 0 aliphatic heterocycles. The van der Waals surface area contributed by atoms with Crippen LogP contribution in [0.3, 0.4) is 0 Å². The van der Waals surface area contributed by atoms with E-state index in [0.29, 0.717) is 19.3 Å². The van der Waals surface area contributed by atoms with Gasteiger partial charge in [-0.2, -0.15) is 0 Å². The van der Waals surface area contributed by atoms with Crippen molar-refractivity contribution in [2.45, 2.75) is 309 Å². The van der Waals surface area contributed by atoms with E-state index in [1.165, 1.54) is 77.0 Å². The second-order valence-electron chi connectivity index (χ2n) is 26.1. The van der Waals surface area contributed by atoms with Crippen molar-refractivity contribution < 1.29 is 75.8 Å². The van der Waals surface area contributed by atoms with Crippen LogP contribution in [0.4, 0.5) is 0 Å². The number of unbranched alkanes of at least 4 members (excludes halogenated alkanes) is 21. The quantitative estimate of drug-likeness (QED) is 0.0146. The van der Waals surface area contributed by atoms with Gasteiger partial charge in [0.15, 0.2) is 6.10 Å². The van der Waals surface area contributed by atoms with Crippen molar-refractivity contribution in [1.82, 2.24) is 0 Å². The lowest BCUT2D eigenvalue weighted by Gasteiger charge is -2.21. The summed E-state index contributed by atoms with van der Waals surface area (Å²) in [6, 6.07) is 0. The number of aliphatic hydroxyl groups excluding tert-OH is 2. The summed E-state index contributed by atoms with van der Waals surface area (Å²) in [6.45, 7) is 2.25. The van der Waals surface area contributed by atoms with Crippen molar-refractivity contribution >= 4 is 33.6 Å². The summed E-state index contributed by atoms with van der Waals surface area (Å²) in [5.74, 6) is -1.66. The van der Waals surface area contributed by atoms with Gasteiger partial charge in [0, 0.05) is 19.3 Å². The van der Waals surface area contributed by atoms with Gasteiger partial charge < -0.3 is 34.2 Å². The smallest absolute Gasteiger partial charge is 0.463 e. The van der Waals surface area contributed by atoms with Gasteiger partial charge in [0.25, 0.3) is 0 Å². The largest absolute Gasteiger partial charge is 0.472 e. The maximum absolute atomic E-state index is 13.0. The molecule has 0 bridgehead atoms. The van der Waals surface area contributed by atoms with Crippen molar-refractivity contribution in [1.29, 1.82) is 0 Å². The third-order valence-corrected chi connectivity index (χ3v) is 18.0. The molecule has 16 nitrogen and oxygen atoms in total. The Hall–Kier alpha value is -5.35. The standard InChI is InChI=1S/C87H142O16P2/c1-4-7-10-13-16-19-22-25-28-31-34-35-36-37-38-39-40-41-42-43-44-45-48-50-52-55-58-61-64-67-70-73-85(90)97-76-82(88)77-99-104(93,94)100-78-83(89)79-101-105(95,96)102-81-84(103-87(92)75-72-69-66-63-60-57-54-51-47-33-30-27-24-21-18-15-12-9-6-3)80-98-86(91)74-71-68-65-62-59-56-53-49-46-32-29-26-23-20-17-14-11-8-5-2/h7-12,16-21,25-30,34-35,37-38,46-47,49,51,56-57,59-60,82-84,88-89H,4-6,13-15,22-24,31-33,36,39-45,48,50,52-55,58,61-81H2,1-3H3,(H,93,94)(H,95,96)/b10-7-,11-8-,12-9-,19-16-,20-17-,21-18-,28-25-,29-26-,30-27-,35-34-,38-37-,49-46-,51-47-,59-56-,60-57-. The van der Waals surface area contributed by atoms with E-state index in [1.54, 1.807) is 0 Å². The molecule has 105 heavy (non-hydrogen) atoms. The molecule has 0 aromatic heterocycles. The highest BCUT2D eigenvalue weighted by Gasteiger charge is 2.29. The average molecular weight is 1510 g/mol. The van der Waals surface area contributed by atoms with Crippen molar-refractivity contribution in [3.63, 3.8) is 0 Å². The van der Waals surface area contributed by atoms with Crippen molar-refractivity contribution in [3.05, 3.63) is 182 Å². The van der Waals surface area contributed by atoms with Gasteiger partial charge in [-0.15, -0.1) is 0 Å². The molecule has 0 saturated heterocycles. The van der Waals surface area contributed by atoms with Crippen LogP contribution in [0.25, 0.3) is 0 Å². The minimum atomic E-state index is -4.96. The summed E-state index contributed by atoms with van der Waals surface area (Å²) in [7, 11) is -9.83. The van der Waals surface area contributed by atoms with Crippen LogP contribution in [-0.2, 0) is 55.8 Å². The van der Waals surface area contributed by atoms with Crippen LogP contribution >= 0.6 is 15.6 Å². The first-order valence-electron chi connectivity index (χ1n) is 40.1. The molecule has 0 spiro atoms. The lowest BCUT2D eigenvalue weighted by molar-refractivity contribution is -0.161. The van der Waals surface area contributed by atoms with Crippen LogP contribution in [-0.4, -0.2) is 95.9 Å². The Bertz CT molecular complexity index is 2640. The molecule has 0 rings (SSSR count). The predicted molar refractivity (Wildman–Crippen MR) is 435 cm³/mol. The van der Waals surface area contributed by atoms with Crippen LogP contribution in [0.5, 0.6) is 0 Å². The van der Waals surface area contributed by atoms with E-state index in [2.05, 4.69) is 203 Å². The molecule has 0 aliphatic rings. The Morgan fingerprint density at radius 2 is 0.476 bits per heavy atom. The third-order valence-electron chi connectivity index (χ3n) is 16.1. The second-order valence-corrected chi connectivity index (χ2v) is 29.0. The lowest BCUT2D eigenvalue weighted by Crippen LogP contribution is -2.30. The second kappa shape index (κ2) is 78.2. The summed E-state index contributed by atoms with van der Waals surface area (Å²) in [6.07, 6.45) is 101. The Morgan fingerprint density at radius 1 is 0.267 bits per heavy atom. The van der Waals surface area contributed by atoms with Crippen LogP contribution < -0.4 is 0 Å². The first-order valence-corrected chi connectivity index (χ1v) is 43.1. The Kier molecular flexibility index (Phi) is 74.3. The van der Waals surface area contributed by atoms with Gasteiger partial charge in [-0.1, -0.05) is 299 Å². The molecular weight excluding hydrogens is 1360 g/mol.